The fourth-order valence-electron chi connectivity index (χ4n) is 2.46. The highest BCUT2D eigenvalue weighted by atomic mass is 32.1. The second kappa shape index (κ2) is 9.90. The average molecular weight is 355 g/mol. The fourth-order valence-corrected chi connectivity index (χ4v) is 3.21. The van der Waals surface area contributed by atoms with Crippen molar-refractivity contribution in [2.45, 2.75) is 26.7 Å². The number of methoxy groups -OCH3 is 2. The number of thiophene rings is 1. The van der Waals surface area contributed by atoms with Crippen LogP contribution in [0.1, 0.15) is 25.0 Å². The van der Waals surface area contributed by atoms with Crippen molar-refractivity contribution in [3.63, 3.8) is 0 Å². The number of benzene rings is 2. The van der Waals surface area contributed by atoms with Crippen LogP contribution >= 0.6 is 11.3 Å². The fraction of sp³-hybridized carbons (Fsp3) is 0.273. The van der Waals surface area contributed by atoms with Crippen LogP contribution in [0, 0.1) is 0 Å². The first-order chi connectivity index (χ1) is 12.2. The summed E-state index contributed by atoms with van der Waals surface area (Å²) in [5, 5.41) is 2.09. The van der Waals surface area contributed by atoms with E-state index in [1.54, 1.807) is 25.6 Å². The summed E-state index contributed by atoms with van der Waals surface area (Å²) in [6.07, 6.45) is 2.15. The highest BCUT2D eigenvalue weighted by Gasteiger charge is 2.06. The Kier molecular flexibility index (Phi) is 7.55. The van der Waals surface area contributed by atoms with E-state index in [9.17, 15) is 0 Å². The maximum atomic E-state index is 5.38. The maximum Gasteiger partial charge on any atom is 0.127 e. The van der Waals surface area contributed by atoms with Gasteiger partial charge in [-0.25, -0.2) is 0 Å². The van der Waals surface area contributed by atoms with E-state index in [2.05, 4.69) is 55.6 Å². The molecule has 3 heteroatoms. The molecule has 0 atom stereocenters. The number of aryl methyl sites for hydroxylation is 2. The molecule has 1 heterocycles. The molecule has 0 saturated carbocycles. The van der Waals surface area contributed by atoms with Crippen molar-refractivity contribution in [3.8, 4) is 21.9 Å². The minimum absolute atomic E-state index is 0.928. The summed E-state index contributed by atoms with van der Waals surface area (Å²) in [6.45, 7) is 4.31. The smallest absolute Gasteiger partial charge is 0.127 e. The molecule has 1 aromatic heterocycles. The molecule has 25 heavy (non-hydrogen) atoms. The second-order valence-corrected chi connectivity index (χ2v) is 6.51. The van der Waals surface area contributed by atoms with E-state index in [1.165, 1.54) is 21.6 Å². The van der Waals surface area contributed by atoms with Crippen LogP contribution in [-0.4, -0.2) is 14.2 Å². The molecular formula is C22H26O2S. The van der Waals surface area contributed by atoms with Gasteiger partial charge in [-0.15, -0.1) is 11.3 Å². The number of hydrogen-bond acceptors (Lipinski definition) is 3. The van der Waals surface area contributed by atoms with Gasteiger partial charge in [0.25, 0.3) is 0 Å². The van der Waals surface area contributed by atoms with Gasteiger partial charge in [-0.2, -0.15) is 0 Å². The van der Waals surface area contributed by atoms with Gasteiger partial charge in [0.05, 0.1) is 14.2 Å². The van der Waals surface area contributed by atoms with Crippen LogP contribution in [0.15, 0.2) is 60.0 Å². The van der Waals surface area contributed by atoms with E-state index in [1.807, 2.05) is 18.2 Å². The normalized spacial score (nSPS) is 9.92. The Morgan fingerprint density at radius 3 is 2.00 bits per heavy atom. The van der Waals surface area contributed by atoms with Gasteiger partial charge in [0, 0.05) is 10.4 Å². The first-order valence-corrected chi connectivity index (χ1v) is 9.43. The summed E-state index contributed by atoms with van der Waals surface area (Å²) in [5.74, 6) is 1.88. The van der Waals surface area contributed by atoms with Crippen LogP contribution in [0.25, 0.3) is 10.4 Å². The minimum Gasteiger partial charge on any atom is -0.497 e. The van der Waals surface area contributed by atoms with Gasteiger partial charge in [0.1, 0.15) is 11.5 Å². The lowest BCUT2D eigenvalue weighted by molar-refractivity contribution is 0.414. The van der Waals surface area contributed by atoms with Crippen LogP contribution < -0.4 is 9.47 Å². The summed E-state index contributed by atoms with van der Waals surface area (Å²) in [7, 11) is 3.40. The standard InChI is InChI=1S/C13H14OS.C9H12O/c1-3-10-6-7-12(14-2)11(9-10)13-5-4-8-15-13;1-3-8-4-6-9(10-2)7-5-8/h4-9H,3H2,1-2H3;4-7H,3H2,1-2H3. The minimum atomic E-state index is 0.928. The Hall–Kier alpha value is -2.26. The highest BCUT2D eigenvalue weighted by Crippen LogP contribution is 2.33. The van der Waals surface area contributed by atoms with Crippen molar-refractivity contribution in [2.24, 2.45) is 0 Å². The van der Waals surface area contributed by atoms with Gasteiger partial charge in [0.2, 0.25) is 0 Å². The zero-order chi connectivity index (χ0) is 18.1. The number of ether oxygens (including phenoxy) is 2. The van der Waals surface area contributed by atoms with Crippen LogP contribution in [0.5, 0.6) is 11.5 Å². The molecular weight excluding hydrogens is 328 g/mol. The van der Waals surface area contributed by atoms with Gasteiger partial charge in [-0.3, -0.25) is 0 Å². The molecule has 0 N–H and O–H groups in total. The molecule has 0 saturated heterocycles. The van der Waals surface area contributed by atoms with Crippen molar-refractivity contribution < 1.29 is 9.47 Å². The molecule has 0 radical (unpaired) electrons. The van der Waals surface area contributed by atoms with E-state index in [0.29, 0.717) is 0 Å². The van der Waals surface area contributed by atoms with Crippen LogP contribution in [0.2, 0.25) is 0 Å². The molecule has 0 aliphatic heterocycles. The van der Waals surface area contributed by atoms with Crippen molar-refractivity contribution in [2.75, 3.05) is 14.2 Å². The molecule has 0 aliphatic carbocycles. The molecule has 0 aliphatic rings. The van der Waals surface area contributed by atoms with Crippen molar-refractivity contribution in [3.05, 3.63) is 71.1 Å². The summed E-state index contributed by atoms with van der Waals surface area (Å²) in [6, 6.07) is 18.7. The van der Waals surface area contributed by atoms with Crippen LogP contribution in [0.3, 0.4) is 0 Å². The van der Waals surface area contributed by atoms with Gasteiger partial charge >= 0.3 is 0 Å². The SMILES string of the molecule is CCc1ccc(OC)c(-c2cccs2)c1.CCc1ccc(OC)cc1. The van der Waals surface area contributed by atoms with Crippen molar-refractivity contribution >= 4 is 11.3 Å². The summed E-state index contributed by atoms with van der Waals surface area (Å²) >= 11 is 1.74. The molecule has 132 valence electrons. The number of hydrogen-bond donors (Lipinski definition) is 0. The zero-order valence-corrected chi connectivity index (χ0v) is 16.2. The second-order valence-electron chi connectivity index (χ2n) is 5.57. The molecule has 0 fully saturated rings. The molecule has 2 nitrogen and oxygen atoms in total. The van der Waals surface area contributed by atoms with E-state index in [4.69, 9.17) is 9.47 Å². The van der Waals surface area contributed by atoms with E-state index < -0.39 is 0 Å². The van der Waals surface area contributed by atoms with Crippen molar-refractivity contribution in [1.82, 2.24) is 0 Å². The zero-order valence-electron chi connectivity index (χ0n) is 15.4. The number of rotatable bonds is 5. The lowest BCUT2D eigenvalue weighted by Crippen LogP contribution is -1.88. The van der Waals surface area contributed by atoms with E-state index in [-0.39, 0.29) is 0 Å². The molecule has 2 aromatic carbocycles. The summed E-state index contributed by atoms with van der Waals surface area (Å²) in [5.41, 5.74) is 3.90. The third kappa shape index (κ3) is 5.36. The molecule has 0 bridgehead atoms. The van der Waals surface area contributed by atoms with Crippen LogP contribution in [0.4, 0.5) is 0 Å². The monoisotopic (exact) mass is 354 g/mol. The third-order valence-electron chi connectivity index (χ3n) is 4.03. The topological polar surface area (TPSA) is 18.5 Å². The van der Waals surface area contributed by atoms with Gasteiger partial charge in [-0.05, 0) is 59.7 Å². The first-order valence-electron chi connectivity index (χ1n) is 8.55. The molecule has 0 unspecified atom stereocenters. The Bertz CT molecular complexity index is 723. The van der Waals surface area contributed by atoms with Gasteiger partial charge in [0.15, 0.2) is 0 Å². The Balaban J connectivity index is 0.000000196. The van der Waals surface area contributed by atoms with E-state index in [0.717, 1.165) is 24.3 Å². The van der Waals surface area contributed by atoms with Gasteiger partial charge in [-0.1, -0.05) is 38.1 Å². The predicted molar refractivity (Wildman–Crippen MR) is 108 cm³/mol. The van der Waals surface area contributed by atoms with Gasteiger partial charge < -0.3 is 9.47 Å². The average Bonchev–Trinajstić information content (AvgIpc) is 3.22. The quantitative estimate of drug-likeness (QED) is 0.539. The lowest BCUT2D eigenvalue weighted by Gasteiger charge is -2.08. The Morgan fingerprint density at radius 1 is 0.800 bits per heavy atom. The highest BCUT2D eigenvalue weighted by molar-refractivity contribution is 7.13. The van der Waals surface area contributed by atoms with Crippen molar-refractivity contribution in [1.29, 1.82) is 0 Å². The first kappa shape index (κ1) is 19.1. The lowest BCUT2D eigenvalue weighted by atomic mass is 10.1. The predicted octanol–water partition coefficient (Wildman–Crippen LogP) is 6.24. The summed E-state index contributed by atoms with van der Waals surface area (Å²) in [4.78, 5) is 1.27. The molecule has 3 rings (SSSR count). The summed E-state index contributed by atoms with van der Waals surface area (Å²) < 4.78 is 10.4. The molecule has 0 amide bonds. The maximum absolute atomic E-state index is 5.38. The van der Waals surface area contributed by atoms with E-state index >= 15 is 0 Å². The third-order valence-corrected chi connectivity index (χ3v) is 4.93. The molecule has 0 spiro atoms. The largest absolute Gasteiger partial charge is 0.497 e. The molecule has 3 aromatic rings. The van der Waals surface area contributed by atoms with Crippen LogP contribution in [-0.2, 0) is 12.8 Å². The Morgan fingerprint density at radius 2 is 1.48 bits per heavy atom. The Labute approximate surface area is 155 Å².